The number of ether oxygens (including phenoxy) is 1. The van der Waals surface area contributed by atoms with Crippen LogP contribution < -0.4 is 0 Å². The highest BCUT2D eigenvalue weighted by atomic mass is 16.5. The van der Waals surface area contributed by atoms with E-state index in [1.165, 1.54) is 5.56 Å². The highest BCUT2D eigenvalue weighted by Crippen LogP contribution is 2.37. The Bertz CT molecular complexity index is 808. The normalized spacial score (nSPS) is 24.3. The van der Waals surface area contributed by atoms with Crippen LogP contribution in [0.3, 0.4) is 0 Å². The molecule has 0 radical (unpaired) electrons. The van der Waals surface area contributed by atoms with E-state index in [1.807, 2.05) is 18.2 Å². The molecule has 1 aliphatic carbocycles. The summed E-state index contributed by atoms with van der Waals surface area (Å²) in [7, 11) is 0. The van der Waals surface area contributed by atoms with Gasteiger partial charge in [0.15, 0.2) is 6.61 Å². The Balaban J connectivity index is 1.19. The summed E-state index contributed by atoms with van der Waals surface area (Å²) in [5.74, 6) is -1.48. The third kappa shape index (κ3) is 4.97. The van der Waals surface area contributed by atoms with Gasteiger partial charge in [0.2, 0.25) is 11.8 Å². The lowest BCUT2D eigenvalue weighted by atomic mass is 9.81. The van der Waals surface area contributed by atoms with Crippen molar-refractivity contribution in [3.63, 3.8) is 0 Å². The van der Waals surface area contributed by atoms with Gasteiger partial charge >= 0.3 is 5.97 Å². The van der Waals surface area contributed by atoms with Gasteiger partial charge in [0.05, 0.1) is 11.8 Å². The maximum atomic E-state index is 12.5. The number of piperidine rings is 1. The van der Waals surface area contributed by atoms with Crippen molar-refractivity contribution in [3.05, 3.63) is 35.9 Å². The van der Waals surface area contributed by atoms with Gasteiger partial charge in [-0.05, 0) is 43.6 Å². The number of imide groups is 1. The third-order valence-corrected chi connectivity index (χ3v) is 6.91. The van der Waals surface area contributed by atoms with Crippen LogP contribution in [0.15, 0.2) is 30.3 Å². The summed E-state index contributed by atoms with van der Waals surface area (Å²) in [6.45, 7) is 0.572. The van der Waals surface area contributed by atoms with E-state index in [0.29, 0.717) is 31.8 Å². The molecule has 2 saturated heterocycles. The molecule has 4 rings (SSSR count). The topological polar surface area (TPSA) is 84.0 Å². The number of amides is 3. The maximum absolute atomic E-state index is 12.5. The van der Waals surface area contributed by atoms with Gasteiger partial charge in [-0.15, -0.1) is 0 Å². The highest BCUT2D eigenvalue weighted by molar-refractivity contribution is 6.07. The average molecular weight is 427 g/mol. The summed E-state index contributed by atoms with van der Waals surface area (Å²) in [6, 6.07) is 10.3. The van der Waals surface area contributed by atoms with Crippen LogP contribution in [0.1, 0.15) is 44.1 Å². The summed E-state index contributed by atoms with van der Waals surface area (Å²) in [5, 5.41) is 0. The average Bonchev–Trinajstić information content (AvgIpc) is 3.04. The maximum Gasteiger partial charge on any atom is 0.326 e. The van der Waals surface area contributed by atoms with Gasteiger partial charge in [-0.2, -0.15) is 0 Å². The van der Waals surface area contributed by atoms with Gasteiger partial charge in [0.1, 0.15) is 6.54 Å². The van der Waals surface area contributed by atoms with Gasteiger partial charge in [0, 0.05) is 13.1 Å². The molecule has 1 aromatic rings. The Morgan fingerprint density at radius 3 is 2.13 bits per heavy atom. The quantitative estimate of drug-likeness (QED) is 0.514. The van der Waals surface area contributed by atoms with E-state index in [2.05, 4.69) is 12.1 Å². The minimum absolute atomic E-state index is 0.223. The van der Waals surface area contributed by atoms with Crippen LogP contribution in [-0.4, -0.2) is 59.7 Å². The first kappa shape index (κ1) is 21.5. The standard InChI is InChI=1S/C24H30N2O5/c27-21(25-12-10-18(11-13-25)14-17-6-2-1-3-7-17)16-31-22(28)15-26-23(29)19-8-4-5-9-20(19)24(26)30/h1-3,6-7,18-20H,4-5,8-16H2/t19-,20-/m0/s1. The molecule has 2 atom stereocenters. The minimum atomic E-state index is -0.701. The number of carbonyl (C=O) groups is 4. The monoisotopic (exact) mass is 426 g/mol. The highest BCUT2D eigenvalue weighted by Gasteiger charge is 2.48. The Labute approximate surface area is 182 Å². The molecule has 2 heterocycles. The zero-order chi connectivity index (χ0) is 21.8. The van der Waals surface area contributed by atoms with Crippen molar-refractivity contribution in [1.29, 1.82) is 0 Å². The molecule has 3 fully saturated rings. The second-order valence-electron chi connectivity index (χ2n) is 8.93. The fraction of sp³-hybridized carbons (Fsp3) is 0.583. The molecule has 0 aromatic heterocycles. The molecule has 0 bridgehead atoms. The van der Waals surface area contributed by atoms with Crippen molar-refractivity contribution < 1.29 is 23.9 Å². The fourth-order valence-electron chi connectivity index (χ4n) is 5.13. The van der Waals surface area contributed by atoms with Gasteiger partial charge in [-0.25, -0.2) is 0 Å². The third-order valence-electron chi connectivity index (χ3n) is 6.91. The molecule has 1 saturated carbocycles. The molecule has 3 amide bonds. The first-order valence-electron chi connectivity index (χ1n) is 11.4. The van der Waals surface area contributed by atoms with E-state index in [9.17, 15) is 19.2 Å². The molecule has 31 heavy (non-hydrogen) atoms. The van der Waals surface area contributed by atoms with E-state index >= 15 is 0 Å². The summed E-state index contributed by atoms with van der Waals surface area (Å²) in [5.41, 5.74) is 1.31. The predicted molar refractivity (Wildman–Crippen MR) is 113 cm³/mol. The van der Waals surface area contributed by atoms with E-state index in [1.54, 1.807) is 4.90 Å². The zero-order valence-corrected chi connectivity index (χ0v) is 17.8. The Hall–Kier alpha value is -2.70. The number of carbonyl (C=O) groups excluding carboxylic acids is 4. The van der Waals surface area contributed by atoms with Crippen molar-refractivity contribution in [2.45, 2.75) is 44.9 Å². The predicted octanol–water partition coefficient (Wildman–Crippen LogP) is 2.19. The number of fused-ring (bicyclic) bond motifs is 1. The molecular formula is C24H30N2O5. The van der Waals surface area contributed by atoms with Crippen LogP contribution in [0.25, 0.3) is 0 Å². The van der Waals surface area contributed by atoms with Gasteiger partial charge < -0.3 is 9.64 Å². The largest absolute Gasteiger partial charge is 0.454 e. The minimum Gasteiger partial charge on any atom is -0.454 e. The fourth-order valence-corrected chi connectivity index (χ4v) is 5.13. The number of esters is 1. The Morgan fingerprint density at radius 2 is 1.52 bits per heavy atom. The van der Waals surface area contributed by atoms with Gasteiger partial charge in [-0.3, -0.25) is 24.1 Å². The van der Waals surface area contributed by atoms with Crippen molar-refractivity contribution >= 4 is 23.7 Å². The van der Waals surface area contributed by atoms with Gasteiger partial charge in [0.25, 0.3) is 5.91 Å². The van der Waals surface area contributed by atoms with Crippen LogP contribution >= 0.6 is 0 Å². The number of likely N-dealkylation sites (tertiary alicyclic amines) is 2. The molecule has 7 nitrogen and oxygen atoms in total. The second kappa shape index (κ2) is 9.62. The first-order chi connectivity index (χ1) is 15.0. The lowest BCUT2D eigenvalue weighted by molar-refractivity contribution is -0.157. The van der Waals surface area contributed by atoms with Crippen LogP contribution in [-0.2, 0) is 30.3 Å². The molecule has 0 unspecified atom stereocenters. The second-order valence-corrected chi connectivity index (χ2v) is 8.93. The van der Waals surface area contributed by atoms with Crippen LogP contribution in [0.4, 0.5) is 0 Å². The molecule has 0 spiro atoms. The van der Waals surface area contributed by atoms with Crippen LogP contribution in [0.5, 0.6) is 0 Å². The number of hydrogen-bond donors (Lipinski definition) is 0. The zero-order valence-electron chi connectivity index (χ0n) is 17.8. The number of rotatable bonds is 6. The number of nitrogens with zero attached hydrogens (tertiary/aromatic N) is 2. The van der Waals surface area contributed by atoms with E-state index in [-0.39, 0.29) is 36.2 Å². The van der Waals surface area contributed by atoms with Crippen molar-refractivity contribution in [1.82, 2.24) is 9.80 Å². The summed E-state index contributed by atoms with van der Waals surface area (Å²) < 4.78 is 5.12. The van der Waals surface area contributed by atoms with Crippen LogP contribution in [0, 0.1) is 17.8 Å². The molecule has 3 aliphatic rings. The van der Waals surface area contributed by atoms with Crippen molar-refractivity contribution in [2.24, 2.45) is 17.8 Å². The smallest absolute Gasteiger partial charge is 0.326 e. The van der Waals surface area contributed by atoms with E-state index in [4.69, 9.17) is 4.74 Å². The number of hydrogen-bond acceptors (Lipinski definition) is 5. The van der Waals surface area contributed by atoms with Crippen LogP contribution in [0.2, 0.25) is 0 Å². The Morgan fingerprint density at radius 1 is 0.903 bits per heavy atom. The number of benzene rings is 1. The van der Waals surface area contributed by atoms with Gasteiger partial charge in [-0.1, -0.05) is 43.2 Å². The molecule has 166 valence electrons. The Kier molecular flexibility index (Phi) is 6.68. The lowest BCUT2D eigenvalue weighted by Gasteiger charge is -2.32. The SMILES string of the molecule is O=C(CN1C(=O)[C@H]2CCCC[C@@H]2C1=O)OCC(=O)N1CCC(Cc2ccccc2)CC1. The molecular weight excluding hydrogens is 396 g/mol. The van der Waals surface area contributed by atoms with E-state index < -0.39 is 12.5 Å². The molecule has 7 heteroatoms. The molecule has 2 aliphatic heterocycles. The first-order valence-corrected chi connectivity index (χ1v) is 11.4. The van der Waals surface area contributed by atoms with Crippen molar-refractivity contribution in [3.8, 4) is 0 Å². The van der Waals surface area contributed by atoms with E-state index in [0.717, 1.165) is 37.0 Å². The lowest BCUT2D eigenvalue weighted by Crippen LogP contribution is -2.42. The van der Waals surface area contributed by atoms with Crippen molar-refractivity contribution in [2.75, 3.05) is 26.2 Å². The summed E-state index contributed by atoms with van der Waals surface area (Å²) in [6.07, 6.45) is 6.16. The summed E-state index contributed by atoms with van der Waals surface area (Å²) in [4.78, 5) is 52.3. The molecule has 0 N–H and O–H groups in total. The molecule has 1 aromatic carbocycles. The summed E-state index contributed by atoms with van der Waals surface area (Å²) >= 11 is 0.